The first-order chi connectivity index (χ1) is 15.9. The van der Waals surface area contributed by atoms with E-state index >= 15 is 0 Å². The second-order valence-electron chi connectivity index (χ2n) is 8.87. The van der Waals surface area contributed by atoms with Gasteiger partial charge < -0.3 is 20.1 Å². The Morgan fingerprint density at radius 1 is 1.21 bits per heavy atom. The van der Waals surface area contributed by atoms with Gasteiger partial charge in [-0.05, 0) is 50.3 Å². The second-order valence-corrected chi connectivity index (χ2v) is 8.87. The molecule has 0 spiro atoms. The van der Waals surface area contributed by atoms with E-state index in [0.29, 0.717) is 22.6 Å². The first kappa shape index (κ1) is 21.6. The number of halogens is 1. The van der Waals surface area contributed by atoms with Gasteiger partial charge >= 0.3 is 0 Å². The third kappa shape index (κ3) is 4.36. The van der Waals surface area contributed by atoms with Gasteiger partial charge in [0.05, 0.1) is 24.5 Å². The van der Waals surface area contributed by atoms with Crippen LogP contribution in [0.15, 0.2) is 48.4 Å². The highest BCUT2D eigenvalue weighted by molar-refractivity contribution is 6.32. The number of allylic oxidation sites excluding steroid dienone is 1. The fourth-order valence-electron chi connectivity index (χ4n) is 4.43. The maximum Gasteiger partial charge on any atom is 0.260 e. The zero-order valence-electron chi connectivity index (χ0n) is 18.8. The Morgan fingerprint density at radius 3 is 2.79 bits per heavy atom. The third-order valence-electron chi connectivity index (χ3n) is 6.17. The van der Waals surface area contributed by atoms with Gasteiger partial charge in [-0.15, -0.1) is 0 Å². The molecular formula is C25H27FN4O3. The number of aromatic nitrogens is 1. The summed E-state index contributed by atoms with van der Waals surface area (Å²) in [6.07, 6.45) is 3.70. The molecule has 0 unspecified atom stereocenters. The van der Waals surface area contributed by atoms with Gasteiger partial charge in [-0.2, -0.15) is 0 Å². The average molecular weight is 451 g/mol. The molecule has 2 N–H and O–H groups in total. The number of carbonyl (C=O) groups is 1. The molecule has 0 bridgehead atoms. The van der Waals surface area contributed by atoms with Crippen molar-refractivity contribution < 1.29 is 18.7 Å². The normalized spacial score (nSPS) is 21.9. The van der Waals surface area contributed by atoms with Crippen molar-refractivity contribution in [3.8, 4) is 0 Å². The Kier molecular flexibility index (Phi) is 5.64. The number of pyridine rings is 1. The number of nitrogens with one attached hydrogen (secondary N) is 2. The summed E-state index contributed by atoms with van der Waals surface area (Å²) in [7, 11) is 0. The predicted octanol–water partition coefficient (Wildman–Crippen LogP) is 3.52. The van der Waals surface area contributed by atoms with E-state index in [0.717, 1.165) is 56.3 Å². The topological polar surface area (TPSA) is 75.7 Å². The first-order valence-electron chi connectivity index (χ1n) is 11.2. The lowest BCUT2D eigenvalue weighted by Gasteiger charge is -2.26. The van der Waals surface area contributed by atoms with Crippen LogP contribution in [0, 0.1) is 5.82 Å². The molecule has 3 aliphatic rings. The summed E-state index contributed by atoms with van der Waals surface area (Å²) in [5.41, 5.74) is 2.73. The van der Waals surface area contributed by atoms with Crippen molar-refractivity contribution in [3.05, 3.63) is 65.3 Å². The Morgan fingerprint density at radius 2 is 2.03 bits per heavy atom. The molecule has 33 heavy (non-hydrogen) atoms. The molecule has 1 aromatic carbocycles. The number of ether oxygens (including phenoxy) is 2. The van der Waals surface area contributed by atoms with Crippen molar-refractivity contribution >= 4 is 28.6 Å². The molecule has 0 aliphatic carbocycles. The van der Waals surface area contributed by atoms with Crippen LogP contribution in [-0.4, -0.2) is 60.8 Å². The summed E-state index contributed by atoms with van der Waals surface area (Å²) < 4.78 is 25.1. The van der Waals surface area contributed by atoms with Gasteiger partial charge in [-0.1, -0.05) is 0 Å². The number of amides is 1. The molecule has 1 amide bonds. The summed E-state index contributed by atoms with van der Waals surface area (Å²) in [5, 5.41) is 6.09. The molecule has 3 aliphatic heterocycles. The predicted molar refractivity (Wildman–Crippen MR) is 125 cm³/mol. The van der Waals surface area contributed by atoms with Crippen LogP contribution in [0.2, 0.25) is 0 Å². The van der Waals surface area contributed by atoms with E-state index in [-0.39, 0.29) is 5.91 Å². The molecule has 172 valence electrons. The van der Waals surface area contributed by atoms with E-state index in [1.165, 1.54) is 12.1 Å². The minimum Gasteiger partial charge on any atom is -0.482 e. The zero-order valence-corrected chi connectivity index (χ0v) is 18.8. The number of hydrogen-bond acceptors (Lipinski definition) is 6. The highest BCUT2D eigenvalue weighted by Crippen LogP contribution is 2.44. The summed E-state index contributed by atoms with van der Waals surface area (Å²) in [5.74, 6) is 0.602. The van der Waals surface area contributed by atoms with Crippen molar-refractivity contribution in [1.29, 1.82) is 0 Å². The van der Waals surface area contributed by atoms with Crippen LogP contribution in [0.4, 0.5) is 15.9 Å². The number of benzene rings is 1. The lowest BCUT2D eigenvalue weighted by molar-refractivity contribution is -0.111. The average Bonchev–Trinajstić information content (AvgIpc) is 3.29. The number of hydrogen-bond donors (Lipinski definition) is 2. The summed E-state index contributed by atoms with van der Waals surface area (Å²) >= 11 is 0. The maximum absolute atomic E-state index is 13.6. The number of anilines is 2. The van der Waals surface area contributed by atoms with Crippen LogP contribution in [0.5, 0.6) is 0 Å². The molecule has 5 rings (SSSR count). The van der Waals surface area contributed by atoms with Crippen LogP contribution in [0.1, 0.15) is 25.0 Å². The summed E-state index contributed by atoms with van der Waals surface area (Å²) in [6.45, 7) is 9.19. The standard InChI is InChI=1S/C25H27FN4O3/c1-25(2)19(14-21(33-25)23-18-5-4-17(26)13-20(18)29-24(23)31)16-3-6-22(28-15-16)27-7-8-30-9-11-32-12-10-30/h3-6,13-15H,7-12H2,1-2H3,(H,27,28)(H,29,31). The van der Waals surface area contributed by atoms with Gasteiger partial charge in [0.2, 0.25) is 0 Å². The number of fused-ring (bicyclic) bond motifs is 1. The van der Waals surface area contributed by atoms with Crippen LogP contribution >= 0.6 is 0 Å². The largest absolute Gasteiger partial charge is 0.482 e. The van der Waals surface area contributed by atoms with Crippen LogP contribution in [-0.2, 0) is 14.3 Å². The second kappa shape index (κ2) is 8.61. The van der Waals surface area contributed by atoms with Crippen molar-refractivity contribution in [2.24, 2.45) is 0 Å². The molecule has 2 aromatic rings. The van der Waals surface area contributed by atoms with Gasteiger partial charge in [0.1, 0.15) is 23.0 Å². The Bertz CT molecular complexity index is 1130. The monoisotopic (exact) mass is 450 g/mol. The zero-order chi connectivity index (χ0) is 23.0. The fourth-order valence-corrected chi connectivity index (χ4v) is 4.43. The van der Waals surface area contributed by atoms with Crippen molar-refractivity contribution in [2.45, 2.75) is 19.4 Å². The highest BCUT2D eigenvalue weighted by Gasteiger charge is 2.38. The number of morpholine rings is 1. The highest BCUT2D eigenvalue weighted by atomic mass is 19.1. The van der Waals surface area contributed by atoms with Gasteiger partial charge in [0.15, 0.2) is 0 Å². The summed E-state index contributed by atoms with van der Waals surface area (Å²) in [4.78, 5) is 19.5. The van der Waals surface area contributed by atoms with E-state index in [1.54, 1.807) is 6.07 Å². The summed E-state index contributed by atoms with van der Waals surface area (Å²) in [6, 6.07) is 8.23. The number of rotatable bonds is 5. The molecule has 0 saturated carbocycles. The van der Waals surface area contributed by atoms with Gasteiger partial charge in [0.25, 0.3) is 5.91 Å². The third-order valence-corrected chi connectivity index (χ3v) is 6.17. The quantitative estimate of drug-likeness (QED) is 0.679. The lowest BCUT2D eigenvalue weighted by atomic mass is 9.93. The molecule has 4 heterocycles. The van der Waals surface area contributed by atoms with E-state index in [1.807, 2.05) is 38.3 Å². The van der Waals surface area contributed by atoms with E-state index < -0.39 is 11.4 Å². The van der Waals surface area contributed by atoms with E-state index in [2.05, 4.69) is 20.5 Å². The van der Waals surface area contributed by atoms with Gasteiger partial charge in [-0.25, -0.2) is 9.37 Å². The molecular weight excluding hydrogens is 423 g/mol. The van der Waals surface area contributed by atoms with Gasteiger partial charge in [0, 0.05) is 49.1 Å². The molecule has 0 radical (unpaired) electrons. The van der Waals surface area contributed by atoms with Crippen LogP contribution < -0.4 is 10.6 Å². The maximum atomic E-state index is 13.6. The molecule has 0 atom stereocenters. The Balaban J connectivity index is 1.34. The Labute approximate surface area is 192 Å². The SMILES string of the molecule is CC1(C)OC(=C2C(=O)Nc3cc(F)ccc32)C=C1c1ccc(NCCN2CCOCC2)nc1. The van der Waals surface area contributed by atoms with Crippen LogP contribution in [0.25, 0.3) is 11.1 Å². The minimum atomic E-state index is -0.641. The van der Waals surface area contributed by atoms with Crippen molar-refractivity contribution in [2.75, 3.05) is 50.0 Å². The lowest BCUT2D eigenvalue weighted by Crippen LogP contribution is -2.39. The van der Waals surface area contributed by atoms with Crippen molar-refractivity contribution in [3.63, 3.8) is 0 Å². The molecule has 8 heteroatoms. The number of carbonyl (C=O) groups excluding carboxylic acids is 1. The minimum absolute atomic E-state index is 0.295. The number of nitrogens with zero attached hydrogens (tertiary/aromatic N) is 2. The Hall–Kier alpha value is -3.23. The fraction of sp³-hybridized carbons (Fsp3) is 0.360. The van der Waals surface area contributed by atoms with E-state index in [9.17, 15) is 9.18 Å². The smallest absolute Gasteiger partial charge is 0.260 e. The molecule has 1 saturated heterocycles. The first-order valence-corrected chi connectivity index (χ1v) is 11.2. The molecule has 7 nitrogen and oxygen atoms in total. The molecule has 1 fully saturated rings. The van der Waals surface area contributed by atoms with Crippen molar-refractivity contribution in [1.82, 2.24) is 9.88 Å². The van der Waals surface area contributed by atoms with E-state index in [4.69, 9.17) is 9.47 Å². The molecule has 1 aromatic heterocycles. The van der Waals surface area contributed by atoms with Gasteiger partial charge in [-0.3, -0.25) is 9.69 Å². The van der Waals surface area contributed by atoms with Crippen LogP contribution in [0.3, 0.4) is 0 Å².